The number of halogens is 2. The number of benzene rings is 1. The predicted molar refractivity (Wildman–Crippen MR) is 91.1 cm³/mol. The molecule has 0 radical (unpaired) electrons. The summed E-state index contributed by atoms with van der Waals surface area (Å²) in [5, 5.41) is 3.78. The lowest BCUT2D eigenvalue weighted by molar-refractivity contribution is 0.0813. The summed E-state index contributed by atoms with van der Waals surface area (Å²) < 4.78 is 0.945. The van der Waals surface area contributed by atoms with Crippen molar-refractivity contribution in [3.63, 3.8) is 0 Å². The molecule has 5 heteroatoms. The maximum Gasteiger partial charge on any atom is 0.251 e. The Kier molecular flexibility index (Phi) is 5.31. The lowest BCUT2D eigenvalue weighted by Gasteiger charge is -2.42. The van der Waals surface area contributed by atoms with Crippen molar-refractivity contribution in [1.82, 2.24) is 5.32 Å². The van der Waals surface area contributed by atoms with Gasteiger partial charge in [-0.05, 0) is 59.5 Å². The van der Waals surface area contributed by atoms with Gasteiger partial charge in [-0.2, -0.15) is 0 Å². The summed E-state index contributed by atoms with van der Waals surface area (Å²) in [6, 6.07) is 5.38. The van der Waals surface area contributed by atoms with Crippen LogP contribution in [0, 0.1) is 9.49 Å². The zero-order valence-corrected chi connectivity index (χ0v) is 14.5. The molecule has 0 aromatic heterocycles. The number of nitrogens with two attached hydrogens (primary N) is 1. The van der Waals surface area contributed by atoms with Crippen molar-refractivity contribution < 1.29 is 4.79 Å². The topological polar surface area (TPSA) is 55.1 Å². The number of carbonyl (C=O) groups is 1. The fourth-order valence-electron chi connectivity index (χ4n) is 2.89. The molecule has 110 valence electrons. The van der Waals surface area contributed by atoms with Crippen molar-refractivity contribution in [2.45, 2.75) is 38.1 Å². The summed E-state index contributed by atoms with van der Waals surface area (Å²) in [6.45, 7) is 2.66. The van der Waals surface area contributed by atoms with Gasteiger partial charge in [-0.25, -0.2) is 0 Å². The van der Waals surface area contributed by atoms with Crippen LogP contribution in [0.15, 0.2) is 18.2 Å². The first kappa shape index (κ1) is 16.0. The van der Waals surface area contributed by atoms with Gasteiger partial charge in [-0.1, -0.05) is 31.4 Å². The molecule has 1 aliphatic rings. The van der Waals surface area contributed by atoms with Crippen molar-refractivity contribution in [1.29, 1.82) is 0 Å². The monoisotopic (exact) mass is 406 g/mol. The van der Waals surface area contributed by atoms with Crippen molar-refractivity contribution >= 4 is 40.1 Å². The first-order valence-electron chi connectivity index (χ1n) is 6.96. The highest BCUT2D eigenvalue weighted by Crippen LogP contribution is 2.33. The van der Waals surface area contributed by atoms with Gasteiger partial charge in [0.25, 0.3) is 5.91 Å². The van der Waals surface area contributed by atoms with E-state index in [4.69, 9.17) is 17.3 Å². The van der Waals surface area contributed by atoms with Crippen LogP contribution < -0.4 is 11.1 Å². The van der Waals surface area contributed by atoms with E-state index in [-0.39, 0.29) is 11.4 Å². The van der Waals surface area contributed by atoms with Crippen LogP contribution in [0.2, 0.25) is 5.02 Å². The fraction of sp³-hybridized carbons (Fsp3) is 0.533. The molecule has 1 aliphatic carbocycles. The minimum Gasteiger partial charge on any atom is -0.345 e. The van der Waals surface area contributed by atoms with Crippen LogP contribution in [0.5, 0.6) is 0 Å². The molecule has 1 fully saturated rings. The Morgan fingerprint density at radius 2 is 2.30 bits per heavy atom. The molecule has 1 saturated carbocycles. The molecule has 2 atom stereocenters. The first-order chi connectivity index (χ1) is 9.48. The Labute approximate surface area is 138 Å². The van der Waals surface area contributed by atoms with Gasteiger partial charge in [-0.15, -0.1) is 0 Å². The summed E-state index contributed by atoms with van der Waals surface area (Å²) in [7, 11) is 0. The molecular formula is C15H20ClIN2O. The molecule has 0 saturated heterocycles. The number of hydrogen-bond donors (Lipinski definition) is 2. The highest BCUT2D eigenvalue weighted by Gasteiger charge is 2.38. The van der Waals surface area contributed by atoms with Gasteiger partial charge in [0.2, 0.25) is 0 Å². The molecular weight excluding hydrogens is 387 g/mol. The van der Waals surface area contributed by atoms with E-state index in [2.05, 4.69) is 34.8 Å². The molecule has 20 heavy (non-hydrogen) atoms. The van der Waals surface area contributed by atoms with Crippen molar-refractivity contribution in [2.75, 3.05) is 6.54 Å². The third-order valence-corrected chi connectivity index (χ3v) is 5.93. The van der Waals surface area contributed by atoms with Gasteiger partial charge in [0, 0.05) is 15.7 Å². The van der Waals surface area contributed by atoms with E-state index in [1.165, 1.54) is 6.42 Å². The molecule has 1 amide bonds. The molecule has 1 aromatic rings. The van der Waals surface area contributed by atoms with E-state index in [1.54, 1.807) is 12.1 Å². The zero-order chi connectivity index (χ0) is 14.8. The largest absolute Gasteiger partial charge is 0.345 e. The summed E-state index contributed by atoms with van der Waals surface area (Å²) >= 11 is 8.24. The highest BCUT2D eigenvalue weighted by atomic mass is 127. The molecule has 3 nitrogen and oxygen atoms in total. The van der Waals surface area contributed by atoms with E-state index in [9.17, 15) is 4.79 Å². The summed E-state index contributed by atoms with van der Waals surface area (Å²) in [4.78, 5) is 12.5. The van der Waals surface area contributed by atoms with Crippen LogP contribution in [0.1, 0.15) is 43.0 Å². The summed E-state index contributed by atoms with van der Waals surface area (Å²) in [6.07, 6.45) is 4.41. The van der Waals surface area contributed by atoms with E-state index in [1.807, 2.05) is 6.07 Å². The maximum absolute atomic E-state index is 12.5. The van der Waals surface area contributed by atoms with Crippen molar-refractivity contribution in [3.05, 3.63) is 32.4 Å². The summed E-state index contributed by atoms with van der Waals surface area (Å²) in [5.74, 6) is 0.326. The second-order valence-corrected chi connectivity index (χ2v) is 7.16. The average Bonchev–Trinajstić information content (AvgIpc) is 2.44. The standard InChI is InChI=1S/C15H20ClIN2O/c1-10-4-2-3-7-15(10,9-18)19-14(20)11-5-6-13(17)12(16)8-11/h5-6,8,10H,2-4,7,9,18H2,1H3,(H,19,20). The summed E-state index contributed by atoms with van der Waals surface area (Å²) in [5.41, 5.74) is 6.29. The van der Waals surface area contributed by atoms with Gasteiger partial charge >= 0.3 is 0 Å². The van der Waals surface area contributed by atoms with Crippen LogP contribution >= 0.6 is 34.2 Å². The maximum atomic E-state index is 12.5. The molecule has 2 rings (SSSR count). The van der Waals surface area contributed by atoms with E-state index >= 15 is 0 Å². The average molecular weight is 407 g/mol. The Morgan fingerprint density at radius 1 is 1.55 bits per heavy atom. The smallest absolute Gasteiger partial charge is 0.251 e. The second kappa shape index (κ2) is 6.62. The van der Waals surface area contributed by atoms with E-state index < -0.39 is 0 Å². The van der Waals surface area contributed by atoms with Crippen LogP contribution in [-0.4, -0.2) is 18.0 Å². The number of amides is 1. The molecule has 2 unspecified atom stereocenters. The van der Waals surface area contributed by atoms with Crippen molar-refractivity contribution in [3.8, 4) is 0 Å². The van der Waals surface area contributed by atoms with Crippen LogP contribution in [-0.2, 0) is 0 Å². The van der Waals surface area contributed by atoms with Gasteiger partial charge in [0.1, 0.15) is 0 Å². The highest BCUT2D eigenvalue weighted by molar-refractivity contribution is 14.1. The van der Waals surface area contributed by atoms with E-state index in [0.717, 1.165) is 22.8 Å². The normalized spacial score (nSPS) is 26.3. The number of hydrogen-bond acceptors (Lipinski definition) is 2. The molecule has 0 spiro atoms. The zero-order valence-electron chi connectivity index (χ0n) is 11.6. The minimum absolute atomic E-state index is 0.0810. The van der Waals surface area contributed by atoms with Gasteiger partial charge in [0.15, 0.2) is 0 Å². The third kappa shape index (κ3) is 3.28. The van der Waals surface area contributed by atoms with Crippen LogP contribution in [0.25, 0.3) is 0 Å². The Balaban J connectivity index is 2.18. The molecule has 1 aromatic carbocycles. The minimum atomic E-state index is -0.273. The third-order valence-electron chi connectivity index (χ3n) is 4.36. The Hall–Kier alpha value is -0.330. The lowest BCUT2D eigenvalue weighted by atomic mass is 9.73. The van der Waals surface area contributed by atoms with Gasteiger partial charge < -0.3 is 11.1 Å². The van der Waals surface area contributed by atoms with Gasteiger partial charge in [0.05, 0.1) is 10.6 Å². The quantitative estimate of drug-likeness (QED) is 0.754. The molecule has 0 aliphatic heterocycles. The molecule has 0 heterocycles. The lowest BCUT2D eigenvalue weighted by Crippen LogP contribution is -2.59. The van der Waals surface area contributed by atoms with Crippen molar-refractivity contribution in [2.24, 2.45) is 11.7 Å². The number of rotatable bonds is 3. The Morgan fingerprint density at radius 3 is 2.90 bits per heavy atom. The SMILES string of the molecule is CC1CCCCC1(CN)NC(=O)c1ccc(I)c(Cl)c1. The van der Waals surface area contributed by atoms with Crippen LogP contribution in [0.3, 0.4) is 0 Å². The Bertz CT molecular complexity index is 509. The molecule has 3 N–H and O–H groups in total. The molecule has 0 bridgehead atoms. The number of carbonyl (C=O) groups excluding carboxylic acids is 1. The van der Waals surface area contributed by atoms with Gasteiger partial charge in [-0.3, -0.25) is 4.79 Å². The first-order valence-corrected chi connectivity index (χ1v) is 8.42. The second-order valence-electron chi connectivity index (χ2n) is 5.59. The van der Waals surface area contributed by atoms with E-state index in [0.29, 0.717) is 23.0 Å². The fourth-order valence-corrected chi connectivity index (χ4v) is 3.41. The number of nitrogens with one attached hydrogen (secondary N) is 1. The van der Waals surface area contributed by atoms with Crippen LogP contribution in [0.4, 0.5) is 0 Å². The predicted octanol–water partition coefficient (Wildman–Crippen LogP) is 3.58.